The fraction of sp³-hybridized carbons (Fsp3) is 0.846. The number of hydrogen-bond acceptors (Lipinski definition) is 2. The molecule has 1 aliphatic carbocycles. The Hall–Kier alpha value is -1.26. The molecule has 5 nitrogen and oxygen atoms in total. The molecule has 0 aromatic heterocycles. The molecule has 0 radical (unpaired) electrons. The molecule has 3 N–H and O–H groups in total. The lowest BCUT2D eigenvalue weighted by atomic mass is 9.62. The molecular formula is C13H23NO4. The zero-order chi connectivity index (χ0) is 14.0. The van der Waals surface area contributed by atoms with Crippen LogP contribution in [0.4, 0.5) is 4.79 Å². The van der Waals surface area contributed by atoms with Crippen LogP contribution >= 0.6 is 0 Å². The number of rotatable bonds is 3. The highest BCUT2D eigenvalue weighted by molar-refractivity contribution is 5.77. The van der Waals surface area contributed by atoms with Crippen molar-refractivity contribution in [3.8, 4) is 0 Å². The van der Waals surface area contributed by atoms with Crippen LogP contribution in [0.15, 0.2) is 0 Å². The Bertz CT molecular complexity index is 326. The van der Waals surface area contributed by atoms with Crippen molar-refractivity contribution in [2.45, 2.75) is 58.9 Å². The zero-order valence-corrected chi connectivity index (χ0v) is 11.3. The minimum absolute atomic E-state index is 0.422. The van der Waals surface area contributed by atoms with Gasteiger partial charge in [0.1, 0.15) is 0 Å². The molecule has 0 saturated heterocycles. The maximum atomic E-state index is 11.7. The minimum atomic E-state index is -1.15. The minimum Gasteiger partial charge on any atom is -0.481 e. The van der Waals surface area contributed by atoms with Crippen LogP contribution in [0.2, 0.25) is 0 Å². The van der Waals surface area contributed by atoms with Gasteiger partial charge in [-0.05, 0) is 18.3 Å². The highest BCUT2D eigenvalue weighted by Crippen LogP contribution is 2.45. The van der Waals surface area contributed by atoms with E-state index in [1.165, 1.54) is 0 Å². The van der Waals surface area contributed by atoms with Crippen LogP contribution in [0.25, 0.3) is 0 Å². The molecular weight excluding hydrogens is 234 g/mol. The Morgan fingerprint density at radius 3 is 1.94 bits per heavy atom. The fourth-order valence-corrected chi connectivity index (χ4v) is 3.12. The Morgan fingerprint density at radius 1 is 1.11 bits per heavy atom. The van der Waals surface area contributed by atoms with Gasteiger partial charge in [-0.1, -0.05) is 40.0 Å². The van der Waals surface area contributed by atoms with Crippen LogP contribution in [-0.4, -0.2) is 28.3 Å². The summed E-state index contributed by atoms with van der Waals surface area (Å²) in [6.45, 7) is 5.65. The number of amides is 1. The first-order valence-corrected chi connectivity index (χ1v) is 6.43. The van der Waals surface area contributed by atoms with Gasteiger partial charge >= 0.3 is 12.1 Å². The Morgan fingerprint density at radius 2 is 1.61 bits per heavy atom. The highest BCUT2D eigenvalue weighted by Gasteiger charge is 2.51. The average Bonchev–Trinajstić information content (AvgIpc) is 2.25. The van der Waals surface area contributed by atoms with Gasteiger partial charge in [-0.2, -0.15) is 0 Å². The zero-order valence-electron chi connectivity index (χ0n) is 11.3. The number of nitrogens with one attached hydrogen (secondary N) is 1. The molecule has 1 rings (SSSR count). The topological polar surface area (TPSA) is 86.6 Å². The molecule has 1 unspecified atom stereocenters. The van der Waals surface area contributed by atoms with Crippen molar-refractivity contribution < 1.29 is 19.8 Å². The van der Waals surface area contributed by atoms with Gasteiger partial charge in [-0.25, -0.2) is 4.79 Å². The van der Waals surface area contributed by atoms with Gasteiger partial charge in [-0.15, -0.1) is 0 Å². The Labute approximate surface area is 108 Å². The molecule has 18 heavy (non-hydrogen) atoms. The molecule has 1 aliphatic rings. The summed E-state index contributed by atoms with van der Waals surface area (Å²) >= 11 is 0. The third kappa shape index (κ3) is 2.94. The molecule has 1 saturated carbocycles. The van der Waals surface area contributed by atoms with E-state index in [0.717, 1.165) is 19.3 Å². The molecule has 0 aromatic carbocycles. The molecule has 5 heteroatoms. The van der Waals surface area contributed by atoms with Gasteiger partial charge in [-0.3, -0.25) is 4.79 Å². The van der Waals surface area contributed by atoms with Crippen LogP contribution in [0.3, 0.4) is 0 Å². The van der Waals surface area contributed by atoms with Crippen LogP contribution in [-0.2, 0) is 4.79 Å². The van der Waals surface area contributed by atoms with Crippen molar-refractivity contribution in [1.29, 1.82) is 0 Å². The second-order valence-corrected chi connectivity index (χ2v) is 6.27. The molecule has 1 amide bonds. The lowest BCUT2D eigenvalue weighted by Gasteiger charge is -2.46. The van der Waals surface area contributed by atoms with E-state index in [2.05, 4.69) is 5.32 Å². The van der Waals surface area contributed by atoms with Gasteiger partial charge in [0, 0.05) is 0 Å². The summed E-state index contributed by atoms with van der Waals surface area (Å²) in [4.78, 5) is 22.7. The van der Waals surface area contributed by atoms with Crippen molar-refractivity contribution in [2.24, 2.45) is 10.8 Å². The van der Waals surface area contributed by atoms with Crippen LogP contribution in [0.5, 0.6) is 0 Å². The summed E-state index contributed by atoms with van der Waals surface area (Å²) in [6, 6.07) is -0.569. The van der Waals surface area contributed by atoms with Crippen LogP contribution in [0, 0.1) is 10.8 Å². The van der Waals surface area contributed by atoms with Gasteiger partial charge in [0.05, 0.1) is 11.5 Å². The molecule has 0 aliphatic heterocycles. The lowest BCUT2D eigenvalue weighted by Crippen LogP contribution is -2.58. The average molecular weight is 257 g/mol. The number of carbonyl (C=O) groups is 2. The Balaban J connectivity index is 3.12. The summed E-state index contributed by atoms with van der Waals surface area (Å²) in [6.07, 6.45) is 2.66. The lowest BCUT2D eigenvalue weighted by molar-refractivity contribution is -0.155. The molecule has 1 atom stereocenters. The molecule has 1 fully saturated rings. The first kappa shape index (κ1) is 14.8. The smallest absolute Gasteiger partial charge is 0.404 e. The monoisotopic (exact) mass is 257 g/mol. The fourth-order valence-electron chi connectivity index (χ4n) is 3.12. The van der Waals surface area contributed by atoms with Gasteiger partial charge in [0.2, 0.25) is 0 Å². The van der Waals surface area contributed by atoms with Crippen molar-refractivity contribution in [2.75, 3.05) is 0 Å². The quantitative estimate of drug-likeness (QED) is 0.725. The van der Waals surface area contributed by atoms with E-state index < -0.39 is 28.9 Å². The number of hydrogen-bond donors (Lipinski definition) is 3. The van der Waals surface area contributed by atoms with E-state index in [0.29, 0.717) is 12.8 Å². The predicted octanol–water partition coefficient (Wildman–Crippen LogP) is 2.70. The third-order valence-corrected chi connectivity index (χ3v) is 3.86. The van der Waals surface area contributed by atoms with Crippen LogP contribution in [0.1, 0.15) is 52.9 Å². The van der Waals surface area contributed by atoms with Crippen molar-refractivity contribution in [1.82, 2.24) is 5.32 Å². The second kappa shape index (κ2) is 5.16. The number of carboxylic acid groups (broad SMARTS) is 2. The van der Waals surface area contributed by atoms with E-state index in [1.807, 2.05) is 20.8 Å². The molecule has 0 spiro atoms. The van der Waals surface area contributed by atoms with Gasteiger partial charge in [0.15, 0.2) is 0 Å². The largest absolute Gasteiger partial charge is 0.481 e. The molecule has 0 bridgehead atoms. The van der Waals surface area contributed by atoms with E-state index >= 15 is 0 Å². The SMILES string of the molecule is CC(C)(C)C(NC(=O)O)C1(C(=O)O)CCCCC1. The molecule has 104 valence electrons. The number of carboxylic acids is 1. The normalized spacial score (nSPS) is 21.1. The van der Waals surface area contributed by atoms with Crippen molar-refractivity contribution in [3.05, 3.63) is 0 Å². The third-order valence-electron chi connectivity index (χ3n) is 3.86. The first-order chi connectivity index (χ1) is 8.20. The van der Waals surface area contributed by atoms with Crippen LogP contribution < -0.4 is 5.32 Å². The molecule has 0 heterocycles. The van der Waals surface area contributed by atoms with Gasteiger partial charge < -0.3 is 15.5 Å². The standard InChI is InChI=1S/C13H23NO4/c1-12(2,3)9(14-11(17)18)13(10(15)16)7-5-4-6-8-13/h9,14H,4-8H2,1-3H3,(H,15,16)(H,17,18). The summed E-state index contributed by atoms with van der Waals surface area (Å²) in [5, 5.41) is 21.0. The maximum absolute atomic E-state index is 11.7. The summed E-state index contributed by atoms with van der Waals surface area (Å²) in [5.74, 6) is -0.879. The first-order valence-electron chi connectivity index (χ1n) is 6.43. The summed E-state index contributed by atoms with van der Waals surface area (Å²) < 4.78 is 0. The van der Waals surface area contributed by atoms with E-state index in [1.54, 1.807) is 0 Å². The van der Waals surface area contributed by atoms with Gasteiger partial charge in [0.25, 0.3) is 0 Å². The predicted molar refractivity (Wildman–Crippen MR) is 67.6 cm³/mol. The second-order valence-electron chi connectivity index (χ2n) is 6.27. The van der Waals surface area contributed by atoms with E-state index in [4.69, 9.17) is 5.11 Å². The van der Waals surface area contributed by atoms with Crippen molar-refractivity contribution in [3.63, 3.8) is 0 Å². The summed E-state index contributed by atoms with van der Waals surface area (Å²) in [5.41, 5.74) is -1.39. The van der Waals surface area contributed by atoms with E-state index in [9.17, 15) is 14.7 Å². The molecule has 0 aromatic rings. The summed E-state index contributed by atoms with van der Waals surface area (Å²) in [7, 11) is 0. The maximum Gasteiger partial charge on any atom is 0.404 e. The number of aliphatic carboxylic acids is 1. The highest BCUT2D eigenvalue weighted by atomic mass is 16.4. The Kier molecular flexibility index (Phi) is 4.24. The van der Waals surface area contributed by atoms with E-state index in [-0.39, 0.29) is 0 Å². The van der Waals surface area contributed by atoms with Crippen molar-refractivity contribution >= 4 is 12.1 Å².